The Kier molecular flexibility index (Phi) is 9.87. The Morgan fingerprint density at radius 3 is 2.05 bits per heavy atom. The Morgan fingerprint density at radius 2 is 1.45 bits per heavy atom. The van der Waals surface area contributed by atoms with Crippen molar-refractivity contribution in [3.63, 3.8) is 0 Å². The predicted octanol–water partition coefficient (Wildman–Crippen LogP) is 6.40. The summed E-state index contributed by atoms with van der Waals surface area (Å²) < 4.78 is 11.4. The number of carbonyl (C=O) groups is 2. The van der Waals surface area contributed by atoms with Crippen molar-refractivity contribution < 1.29 is 24.2 Å². The molecule has 0 radical (unpaired) electrons. The first kappa shape index (κ1) is 31.5. The minimum absolute atomic E-state index is 0.256. The van der Waals surface area contributed by atoms with Crippen LogP contribution in [0.4, 0.5) is 4.79 Å². The molecule has 3 aromatic carbocycles. The van der Waals surface area contributed by atoms with Gasteiger partial charge in [0.05, 0.1) is 6.61 Å². The van der Waals surface area contributed by atoms with Crippen LogP contribution >= 0.6 is 0 Å². The molecule has 2 aliphatic rings. The number of esters is 1. The average molecular weight is 597 g/mol. The highest BCUT2D eigenvalue weighted by Gasteiger charge is 2.42. The first-order chi connectivity index (χ1) is 21.1. The monoisotopic (exact) mass is 596 g/mol. The van der Waals surface area contributed by atoms with E-state index in [1.807, 2.05) is 63.2 Å². The third kappa shape index (κ3) is 7.76. The zero-order chi connectivity index (χ0) is 31.2. The number of piperidine rings is 1. The second-order valence-corrected chi connectivity index (χ2v) is 12.9. The van der Waals surface area contributed by atoms with E-state index in [1.54, 1.807) is 29.2 Å². The molecule has 0 spiro atoms. The summed E-state index contributed by atoms with van der Waals surface area (Å²) in [6.45, 7) is 9.73. The molecule has 1 N–H and O–H groups in total. The van der Waals surface area contributed by atoms with Gasteiger partial charge in [0.1, 0.15) is 5.60 Å². The van der Waals surface area contributed by atoms with Crippen LogP contribution in [0, 0.1) is 5.92 Å². The van der Waals surface area contributed by atoms with Crippen LogP contribution in [0.25, 0.3) is 5.57 Å². The van der Waals surface area contributed by atoms with Crippen molar-refractivity contribution >= 4 is 17.6 Å². The number of amides is 1. The Labute approximate surface area is 261 Å². The number of likely N-dealkylation sites (tertiary alicyclic amines) is 1. The normalized spacial score (nSPS) is 17.8. The third-order valence-corrected chi connectivity index (χ3v) is 8.43. The van der Waals surface area contributed by atoms with Crippen LogP contribution in [0.2, 0.25) is 0 Å². The van der Waals surface area contributed by atoms with E-state index in [9.17, 15) is 14.7 Å². The molecule has 0 bridgehead atoms. The van der Waals surface area contributed by atoms with Crippen LogP contribution in [0.5, 0.6) is 0 Å². The Balaban J connectivity index is 1.23. The van der Waals surface area contributed by atoms with E-state index in [0.29, 0.717) is 30.6 Å². The maximum absolute atomic E-state index is 13.7. The highest BCUT2D eigenvalue weighted by Crippen LogP contribution is 2.33. The van der Waals surface area contributed by atoms with Gasteiger partial charge in [-0.25, -0.2) is 9.59 Å². The molecule has 0 saturated carbocycles. The van der Waals surface area contributed by atoms with E-state index < -0.39 is 17.2 Å². The number of rotatable bonds is 8. The summed E-state index contributed by atoms with van der Waals surface area (Å²) in [6.07, 6.45) is 4.30. The molecule has 1 fully saturated rings. The van der Waals surface area contributed by atoms with Gasteiger partial charge in [-0.3, -0.25) is 4.90 Å². The quantitative estimate of drug-likeness (QED) is 0.303. The molecular weight excluding hydrogens is 552 g/mol. The number of hydrogen-bond donors (Lipinski definition) is 1. The van der Waals surface area contributed by atoms with E-state index in [2.05, 4.69) is 29.2 Å². The standard InChI is InChI=1S/C37H44N2O5/c1-36(2,3)44-35(41)39-24-20-31(21-25-39)30-14-16-33(17-15-30)37(42,32-12-8-5-9-13-32)34(40)43-27-29-18-22-38(23-19-29)26-28-10-6-4-7-11-28/h4-17,20,29,42H,18-19,21-27H2,1-3H3. The molecule has 1 unspecified atom stereocenters. The van der Waals surface area contributed by atoms with Crippen molar-refractivity contribution in [3.8, 4) is 0 Å². The highest BCUT2D eigenvalue weighted by molar-refractivity contribution is 5.85. The fourth-order valence-corrected chi connectivity index (χ4v) is 5.88. The summed E-state index contributed by atoms with van der Waals surface area (Å²) in [5, 5.41) is 12.0. The van der Waals surface area contributed by atoms with Crippen LogP contribution in [0.3, 0.4) is 0 Å². The SMILES string of the molecule is CC(C)(C)OC(=O)N1CC=C(c2ccc(C(O)(C(=O)OCC3CCN(Cc4ccccc4)CC3)c3ccccc3)cc2)CC1. The van der Waals surface area contributed by atoms with Gasteiger partial charge in [-0.2, -0.15) is 0 Å². The molecule has 7 heteroatoms. The van der Waals surface area contributed by atoms with Gasteiger partial charge in [0.25, 0.3) is 0 Å². The molecule has 232 valence electrons. The fraction of sp³-hybridized carbons (Fsp3) is 0.405. The predicted molar refractivity (Wildman–Crippen MR) is 172 cm³/mol. The lowest BCUT2D eigenvalue weighted by Crippen LogP contribution is -2.40. The number of hydrogen-bond acceptors (Lipinski definition) is 6. The van der Waals surface area contributed by atoms with Gasteiger partial charge in [0.2, 0.25) is 5.60 Å². The zero-order valence-corrected chi connectivity index (χ0v) is 26.1. The molecule has 1 atom stereocenters. The van der Waals surface area contributed by atoms with Crippen molar-refractivity contribution in [2.45, 2.75) is 57.8 Å². The van der Waals surface area contributed by atoms with Gasteiger partial charge >= 0.3 is 12.1 Å². The molecule has 44 heavy (non-hydrogen) atoms. The second-order valence-electron chi connectivity index (χ2n) is 12.9. The maximum Gasteiger partial charge on any atom is 0.410 e. The van der Waals surface area contributed by atoms with E-state index in [0.717, 1.165) is 43.6 Å². The van der Waals surface area contributed by atoms with Gasteiger partial charge in [0.15, 0.2) is 0 Å². The lowest BCUT2D eigenvalue weighted by molar-refractivity contribution is -0.164. The van der Waals surface area contributed by atoms with Gasteiger partial charge in [0, 0.05) is 19.6 Å². The number of ether oxygens (including phenoxy) is 2. The number of carbonyl (C=O) groups excluding carboxylic acids is 2. The van der Waals surface area contributed by atoms with Gasteiger partial charge in [-0.15, -0.1) is 0 Å². The van der Waals surface area contributed by atoms with Crippen molar-refractivity contribution in [1.29, 1.82) is 0 Å². The van der Waals surface area contributed by atoms with E-state index in [4.69, 9.17) is 9.47 Å². The molecule has 0 aromatic heterocycles. The minimum Gasteiger partial charge on any atom is -0.463 e. The summed E-state index contributed by atoms with van der Waals surface area (Å²) >= 11 is 0. The zero-order valence-electron chi connectivity index (χ0n) is 26.1. The molecule has 7 nitrogen and oxygen atoms in total. The summed E-state index contributed by atoms with van der Waals surface area (Å²) in [6, 6.07) is 26.9. The fourth-order valence-electron chi connectivity index (χ4n) is 5.88. The van der Waals surface area contributed by atoms with Crippen LogP contribution < -0.4 is 0 Å². The lowest BCUT2D eigenvalue weighted by Gasteiger charge is -2.33. The van der Waals surface area contributed by atoms with Crippen molar-refractivity contribution in [1.82, 2.24) is 9.80 Å². The smallest absolute Gasteiger partial charge is 0.410 e. The molecule has 0 aliphatic carbocycles. The van der Waals surface area contributed by atoms with Crippen LogP contribution in [0.1, 0.15) is 62.3 Å². The van der Waals surface area contributed by atoms with Crippen molar-refractivity contribution in [2.24, 2.45) is 5.92 Å². The van der Waals surface area contributed by atoms with Gasteiger partial charge < -0.3 is 19.5 Å². The van der Waals surface area contributed by atoms with Crippen LogP contribution in [-0.4, -0.2) is 65.4 Å². The Bertz CT molecular complexity index is 1420. The molecule has 5 rings (SSSR count). The first-order valence-corrected chi connectivity index (χ1v) is 15.6. The number of nitrogens with zero attached hydrogens (tertiary/aromatic N) is 2. The Hall–Kier alpha value is -3.94. The molecule has 3 aromatic rings. The van der Waals surface area contributed by atoms with E-state index in [1.165, 1.54) is 5.56 Å². The molecule has 2 aliphatic heterocycles. The summed E-state index contributed by atoms with van der Waals surface area (Å²) in [5.74, 6) is -0.403. The topological polar surface area (TPSA) is 79.3 Å². The summed E-state index contributed by atoms with van der Waals surface area (Å²) in [4.78, 5) is 30.2. The highest BCUT2D eigenvalue weighted by atomic mass is 16.6. The van der Waals surface area contributed by atoms with Crippen LogP contribution in [-0.2, 0) is 26.4 Å². The summed E-state index contributed by atoms with van der Waals surface area (Å²) in [5.41, 5.74) is 1.88. The largest absolute Gasteiger partial charge is 0.463 e. The van der Waals surface area contributed by atoms with Crippen LogP contribution in [0.15, 0.2) is 91.0 Å². The maximum atomic E-state index is 13.7. The van der Waals surface area contributed by atoms with Crippen molar-refractivity contribution in [3.05, 3.63) is 113 Å². The number of benzene rings is 3. The lowest BCUT2D eigenvalue weighted by atomic mass is 9.85. The van der Waals surface area contributed by atoms with Crippen molar-refractivity contribution in [2.75, 3.05) is 32.8 Å². The van der Waals surface area contributed by atoms with E-state index >= 15 is 0 Å². The molecular formula is C37H44N2O5. The molecule has 1 amide bonds. The first-order valence-electron chi connectivity index (χ1n) is 15.6. The summed E-state index contributed by atoms with van der Waals surface area (Å²) in [7, 11) is 0. The van der Waals surface area contributed by atoms with Gasteiger partial charge in [-0.05, 0) is 86.9 Å². The minimum atomic E-state index is -1.93. The molecule has 1 saturated heterocycles. The number of aliphatic hydroxyl groups is 1. The second kappa shape index (κ2) is 13.8. The average Bonchev–Trinajstić information content (AvgIpc) is 3.04. The van der Waals surface area contributed by atoms with Gasteiger partial charge in [-0.1, -0.05) is 91.0 Å². The third-order valence-electron chi connectivity index (χ3n) is 8.43. The van der Waals surface area contributed by atoms with E-state index in [-0.39, 0.29) is 18.6 Å². The molecule has 2 heterocycles. The Morgan fingerprint density at radius 1 is 0.841 bits per heavy atom.